The number of rotatable bonds is 2. The van der Waals surface area contributed by atoms with Crippen LogP contribution in [0.25, 0.3) is 0 Å². The van der Waals surface area contributed by atoms with E-state index in [1.54, 1.807) is 24.5 Å². The Kier molecular flexibility index (Phi) is 3.40. The Morgan fingerprint density at radius 2 is 1.88 bits per heavy atom. The molecule has 0 N–H and O–H groups in total. The van der Waals surface area contributed by atoms with Crippen molar-refractivity contribution >= 4 is 27.3 Å². The van der Waals surface area contributed by atoms with Gasteiger partial charge in [-0.1, -0.05) is 0 Å². The summed E-state index contributed by atoms with van der Waals surface area (Å²) in [6.45, 7) is 0. The second-order valence-corrected chi connectivity index (χ2v) is 4.49. The average molecular weight is 288 g/mol. The minimum absolute atomic E-state index is 0.662. The van der Waals surface area contributed by atoms with Gasteiger partial charge >= 0.3 is 0 Å². The predicted molar refractivity (Wildman–Crippen MR) is 71.2 cm³/mol. The van der Waals surface area contributed by atoms with Crippen molar-refractivity contribution in [3.8, 4) is 6.07 Å². The van der Waals surface area contributed by atoms with Crippen molar-refractivity contribution in [2.75, 3.05) is 11.9 Å². The summed E-state index contributed by atoms with van der Waals surface area (Å²) in [4.78, 5) is 6.14. The van der Waals surface area contributed by atoms with Crippen LogP contribution < -0.4 is 4.90 Å². The van der Waals surface area contributed by atoms with Crippen LogP contribution in [0.2, 0.25) is 0 Å². The quantitative estimate of drug-likeness (QED) is 0.849. The van der Waals surface area contributed by atoms with E-state index >= 15 is 0 Å². The summed E-state index contributed by atoms with van der Waals surface area (Å²) in [6, 6.07) is 11.5. The molecular weight excluding hydrogens is 278 g/mol. The second-order valence-electron chi connectivity index (χ2n) is 3.58. The lowest BCUT2D eigenvalue weighted by Gasteiger charge is -2.19. The van der Waals surface area contributed by atoms with E-state index in [2.05, 4.69) is 27.0 Å². The van der Waals surface area contributed by atoms with Gasteiger partial charge in [0.1, 0.15) is 0 Å². The third kappa shape index (κ3) is 2.63. The lowest BCUT2D eigenvalue weighted by Crippen LogP contribution is -2.09. The van der Waals surface area contributed by atoms with Crippen molar-refractivity contribution in [2.24, 2.45) is 0 Å². The molecule has 17 heavy (non-hydrogen) atoms. The summed E-state index contributed by atoms with van der Waals surface area (Å²) >= 11 is 3.39. The number of anilines is 2. The fourth-order valence-corrected chi connectivity index (χ4v) is 1.85. The molecule has 0 aliphatic rings. The van der Waals surface area contributed by atoms with Crippen molar-refractivity contribution in [3.63, 3.8) is 0 Å². The Hall–Kier alpha value is -1.86. The van der Waals surface area contributed by atoms with Crippen LogP contribution in [0.15, 0.2) is 47.2 Å². The van der Waals surface area contributed by atoms with Gasteiger partial charge in [0.05, 0.1) is 23.5 Å². The van der Waals surface area contributed by atoms with Crippen LogP contribution in [0.5, 0.6) is 0 Å². The van der Waals surface area contributed by atoms with E-state index in [4.69, 9.17) is 5.26 Å². The van der Waals surface area contributed by atoms with Gasteiger partial charge in [0, 0.05) is 23.4 Å². The molecule has 0 amide bonds. The van der Waals surface area contributed by atoms with E-state index < -0.39 is 0 Å². The van der Waals surface area contributed by atoms with Crippen LogP contribution in [0.3, 0.4) is 0 Å². The highest BCUT2D eigenvalue weighted by Gasteiger charge is 2.04. The van der Waals surface area contributed by atoms with Crippen molar-refractivity contribution in [1.82, 2.24) is 4.98 Å². The van der Waals surface area contributed by atoms with Crippen LogP contribution in [0.4, 0.5) is 11.4 Å². The minimum atomic E-state index is 0.662. The van der Waals surface area contributed by atoms with Gasteiger partial charge < -0.3 is 4.90 Å². The van der Waals surface area contributed by atoms with E-state index in [0.717, 1.165) is 15.8 Å². The SMILES string of the molecule is CN(c1ccc(C#N)cc1)c1cncc(Br)c1. The molecule has 0 spiro atoms. The van der Waals surface area contributed by atoms with Crippen LogP contribution in [-0.2, 0) is 0 Å². The maximum absolute atomic E-state index is 8.74. The van der Waals surface area contributed by atoms with Gasteiger partial charge in [-0.15, -0.1) is 0 Å². The molecule has 0 bridgehead atoms. The third-order valence-electron chi connectivity index (χ3n) is 2.46. The molecule has 1 aromatic heterocycles. The van der Waals surface area contributed by atoms with Gasteiger partial charge in [0.25, 0.3) is 0 Å². The van der Waals surface area contributed by atoms with Crippen molar-refractivity contribution < 1.29 is 0 Å². The standard InChI is InChI=1S/C13H10BrN3/c1-17(13-6-11(14)8-16-9-13)12-4-2-10(7-15)3-5-12/h2-6,8-9H,1H3. The van der Waals surface area contributed by atoms with Gasteiger partial charge in [-0.25, -0.2) is 0 Å². The number of aromatic nitrogens is 1. The summed E-state index contributed by atoms with van der Waals surface area (Å²) in [5.41, 5.74) is 2.67. The molecule has 0 saturated heterocycles. The Balaban J connectivity index is 2.30. The van der Waals surface area contributed by atoms with Gasteiger partial charge in [0.15, 0.2) is 0 Å². The van der Waals surface area contributed by atoms with E-state index in [9.17, 15) is 0 Å². The van der Waals surface area contributed by atoms with Crippen LogP contribution >= 0.6 is 15.9 Å². The maximum atomic E-state index is 8.74. The Labute approximate surface area is 108 Å². The molecule has 2 aromatic rings. The summed E-state index contributed by atoms with van der Waals surface area (Å²) in [5, 5.41) is 8.74. The molecule has 4 heteroatoms. The molecular formula is C13H10BrN3. The molecule has 0 fully saturated rings. The average Bonchev–Trinajstić information content (AvgIpc) is 2.38. The highest BCUT2D eigenvalue weighted by Crippen LogP contribution is 2.25. The van der Waals surface area contributed by atoms with Crippen molar-refractivity contribution in [2.45, 2.75) is 0 Å². The molecule has 0 aliphatic carbocycles. The Morgan fingerprint density at radius 3 is 2.47 bits per heavy atom. The summed E-state index contributed by atoms with van der Waals surface area (Å²) < 4.78 is 0.940. The number of hydrogen-bond acceptors (Lipinski definition) is 3. The second kappa shape index (κ2) is 4.98. The zero-order chi connectivity index (χ0) is 12.3. The first-order chi connectivity index (χ1) is 8.20. The topological polar surface area (TPSA) is 39.9 Å². The first-order valence-corrected chi connectivity index (χ1v) is 5.84. The summed E-state index contributed by atoms with van der Waals surface area (Å²) in [5.74, 6) is 0. The summed E-state index contributed by atoms with van der Waals surface area (Å²) in [7, 11) is 1.96. The zero-order valence-electron chi connectivity index (χ0n) is 9.26. The van der Waals surface area contributed by atoms with Crippen molar-refractivity contribution in [3.05, 3.63) is 52.8 Å². The first kappa shape index (κ1) is 11.6. The van der Waals surface area contributed by atoms with E-state index in [-0.39, 0.29) is 0 Å². The zero-order valence-corrected chi connectivity index (χ0v) is 10.8. The number of halogens is 1. The van der Waals surface area contributed by atoms with Gasteiger partial charge in [-0.05, 0) is 46.3 Å². The Bertz CT molecular complexity index is 558. The van der Waals surface area contributed by atoms with Gasteiger partial charge in [0.2, 0.25) is 0 Å². The smallest absolute Gasteiger partial charge is 0.0991 e. The van der Waals surface area contributed by atoms with Crippen LogP contribution in [0.1, 0.15) is 5.56 Å². The third-order valence-corrected chi connectivity index (χ3v) is 2.90. The number of benzene rings is 1. The fourth-order valence-electron chi connectivity index (χ4n) is 1.49. The molecule has 1 aromatic carbocycles. The highest BCUT2D eigenvalue weighted by molar-refractivity contribution is 9.10. The normalized spacial score (nSPS) is 9.71. The number of nitrogens with zero attached hydrogens (tertiary/aromatic N) is 3. The lowest BCUT2D eigenvalue weighted by atomic mass is 10.2. The molecule has 3 nitrogen and oxygen atoms in total. The molecule has 0 unspecified atom stereocenters. The summed E-state index contributed by atoms with van der Waals surface area (Å²) in [6.07, 6.45) is 3.54. The van der Waals surface area contributed by atoms with E-state index in [1.165, 1.54) is 0 Å². The molecule has 84 valence electrons. The molecule has 0 radical (unpaired) electrons. The Morgan fingerprint density at radius 1 is 1.18 bits per heavy atom. The lowest BCUT2D eigenvalue weighted by molar-refractivity contribution is 1.17. The largest absolute Gasteiger partial charge is 0.343 e. The predicted octanol–water partition coefficient (Wildman–Crippen LogP) is 3.48. The molecule has 0 aliphatic heterocycles. The van der Waals surface area contributed by atoms with E-state index in [1.807, 2.05) is 30.1 Å². The van der Waals surface area contributed by atoms with Crippen molar-refractivity contribution in [1.29, 1.82) is 5.26 Å². The monoisotopic (exact) mass is 287 g/mol. The number of pyridine rings is 1. The van der Waals surface area contributed by atoms with Crippen LogP contribution in [0, 0.1) is 11.3 Å². The number of nitriles is 1. The van der Waals surface area contributed by atoms with Gasteiger partial charge in [-0.3, -0.25) is 4.98 Å². The molecule has 1 heterocycles. The first-order valence-electron chi connectivity index (χ1n) is 5.05. The molecule has 0 saturated carbocycles. The minimum Gasteiger partial charge on any atom is -0.343 e. The van der Waals surface area contributed by atoms with Crippen LogP contribution in [-0.4, -0.2) is 12.0 Å². The number of hydrogen-bond donors (Lipinski definition) is 0. The molecule has 0 atom stereocenters. The molecule has 2 rings (SSSR count). The fraction of sp³-hybridized carbons (Fsp3) is 0.0769. The highest BCUT2D eigenvalue weighted by atomic mass is 79.9. The maximum Gasteiger partial charge on any atom is 0.0991 e. The van der Waals surface area contributed by atoms with E-state index in [0.29, 0.717) is 5.56 Å². The van der Waals surface area contributed by atoms with Gasteiger partial charge in [-0.2, -0.15) is 5.26 Å².